The van der Waals surface area contributed by atoms with Crippen LogP contribution >= 0.6 is 22.9 Å². The quantitative estimate of drug-likeness (QED) is 0.657. The molecule has 5 nitrogen and oxygen atoms in total. The summed E-state index contributed by atoms with van der Waals surface area (Å²) >= 11 is 7.67. The number of hydrazine groups is 1. The van der Waals surface area contributed by atoms with Crippen LogP contribution in [0.3, 0.4) is 0 Å². The third kappa shape index (κ3) is 2.16. The van der Waals surface area contributed by atoms with E-state index in [1.807, 2.05) is 18.5 Å². The van der Waals surface area contributed by atoms with Crippen molar-refractivity contribution < 1.29 is 4.74 Å². The molecule has 1 atom stereocenters. The molecule has 0 aliphatic carbocycles. The van der Waals surface area contributed by atoms with Crippen molar-refractivity contribution in [2.24, 2.45) is 12.9 Å². The molecule has 0 spiro atoms. The molecule has 2 aromatic heterocycles. The Morgan fingerprint density at radius 2 is 2.41 bits per heavy atom. The number of nitrogens with two attached hydrogens (primary N) is 1. The van der Waals surface area contributed by atoms with Crippen molar-refractivity contribution in [2.45, 2.75) is 6.04 Å². The number of rotatable bonds is 4. The van der Waals surface area contributed by atoms with E-state index in [1.54, 1.807) is 29.3 Å². The Labute approximate surface area is 108 Å². The zero-order valence-corrected chi connectivity index (χ0v) is 11.0. The molecule has 0 aliphatic heterocycles. The summed E-state index contributed by atoms with van der Waals surface area (Å²) in [7, 11) is 3.45. The molecule has 0 aliphatic rings. The van der Waals surface area contributed by atoms with E-state index in [0.29, 0.717) is 5.02 Å². The van der Waals surface area contributed by atoms with Crippen LogP contribution < -0.4 is 16.0 Å². The van der Waals surface area contributed by atoms with Gasteiger partial charge in [0.15, 0.2) is 0 Å². The van der Waals surface area contributed by atoms with E-state index in [-0.39, 0.29) is 6.04 Å². The molecular weight excluding hydrogens is 260 g/mol. The van der Waals surface area contributed by atoms with Crippen LogP contribution in [-0.2, 0) is 7.05 Å². The van der Waals surface area contributed by atoms with E-state index >= 15 is 0 Å². The van der Waals surface area contributed by atoms with E-state index in [1.165, 1.54) is 0 Å². The highest BCUT2D eigenvalue weighted by molar-refractivity contribution is 7.10. The molecule has 0 radical (unpaired) electrons. The molecule has 0 saturated heterocycles. The summed E-state index contributed by atoms with van der Waals surface area (Å²) in [5.74, 6) is 6.41. The van der Waals surface area contributed by atoms with Crippen LogP contribution in [0.2, 0.25) is 5.02 Å². The van der Waals surface area contributed by atoms with Gasteiger partial charge in [0, 0.05) is 7.05 Å². The monoisotopic (exact) mass is 272 g/mol. The van der Waals surface area contributed by atoms with Crippen molar-refractivity contribution >= 4 is 22.9 Å². The first-order valence-corrected chi connectivity index (χ1v) is 6.19. The lowest BCUT2D eigenvalue weighted by atomic mass is 10.1. The summed E-state index contributed by atoms with van der Waals surface area (Å²) < 4.78 is 6.99. The van der Waals surface area contributed by atoms with Gasteiger partial charge in [-0.1, -0.05) is 11.6 Å². The second-order valence-corrected chi connectivity index (χ2v) is 4.81. The third-order valence-corrected chi connectivity index (χ3v) is 3.77. The second kappa shape index (κ2) is 5.05. The number of ether oxygens (including phenoxy) is 1. The molecule has 2 rings (SSSR count). The molecule has 3 N–H and O–H groups in total. The van der Waals surface area contributed by atoms with Crippen molar-refractivity contribution in [3.8, 4) is 5.75 Å². The predicted octanol–water partition coefficient (Wildman–Crippen LogP) is 1.70. The largest absolute Gasteiger partial charge is 0.496 e. The van der Waals surface area contributed by atoms with E-state index in [4.69, 9.17) is 22.2 Å². The second-order valence-electron chi connectivity index (χ2n) is 3.45. The minimum Gasteiger partial charge on any atom is -0.496 e. The highest BCUT2D eigenvalue weighted by Crippen LogP contribution is 2.36. The molecule has 92 valence electrons. The van der Waals surface area contributed by atoms with Crippen LogP contribution in [0, 0.1) is 0 Å². The van der Waals surface area contributed by atoms with Crippen LogP contribution in [0.15, 0.2) is 17.6 Å². The van der Waals surface area contributed by atoms with Gasteiger partial charge in [0.05, 0.1) is 28.9 Å². The first-order valence-electron chi connectivity index (χ1n) is 4.94. The number of hydrogen-bond donors (Lipinski definition) is 2. The van der Waals surface area contributed by atoms with Gasteiger partial charge in [-0.05, 0) is 11.4 Å². The van der Waals surface area contributed by atoms with Gasteiger partial charge in [0.2, 0.25) is 0 Å². The average molecular weight is 273 g/mol. The number of nitrogens with one attached hydrogen (secondary N) is 1. The van der Waals surface area contributed by atoms with Crippen molar-refractivity contribution in [1.82, 2.24) is 15.2 Å². The number of hydrogen-bond acceptors (Lipinski definition) is 5. The Morgan fingerprint density at radius 3 is 2.94 bits per heavy atom. The molecule has 7 heteroatoms. The lowest BCUT2D eigenvalue weighted by molar-refractivity contribution is 0.406. The summed E-state index contributed by atoms with van der Waals surface area (Å²) in [5, 5.41) is 6.63. The minimum atomic E-state index is -0.232. The summed E-state index contributed by atoms with van der Waals surface area (Å²) in [6, 6.07) is 1.67. The SMILES string of the molecule is COc1ccsc1C(NN)c1c(Cl)cnn1C. The number of thiophene rings is 1. The maximum atomic E-state index is 6.12. The van der Waals surface area contributed by atoms with Crippen molar-refractivity contribution in [3.05, 3.63) is 33.2 Å². The Balaban J connectivity index is 2.47. The smallest absolute Gasteiger partial charge is 0.134 e. The standard InChI is InChI=1S/C10H13ClN4OS/c1-15-9(6(11)5-13-15)8(14-12)10-7(16-2)3-4-17-10/h3-5,8,14H,12H2,1-2H3. The van der Waals surface area contributed by atoms with Crippen LogP contribution in [0.4, 0.5) is 0 Å². The normalized spacial score (nSPS) is 12.7. The minimum absolute atomic E-state index is 0.232. The first-order chi connectivity index (χ1) is 8.19. The van der Waals surface area contributed by atoms with Gasteiger partial charge in [-0.25, -0.2) is 5.43 Å². The highest BCUT2D eigenvalue weighted by Gasteiger charge is 2.24. The maximum Gasteiger partial charge on any atom is 0.134 e. The van der Waals surface area contributed by atoms with E-state index < -0.39 is 0 Å². The average Bonchev–Trinajstić information content (AvgIpc) is 2.91. The Bertz CT molecular complexity index is 491. The molecular formula is C10H13ClN4OS. The molecule has 0 saturated carbocycles. The number of halogens is 1. The molecule has 0 fully saturated rings. The fourth-order valence-electron chi connectivity index (χ4n) is 1.71. The van der Waals surface area contributed by atoms with Crippen molar-refractivity contribution in [2.75, 3.05) is 7.11 Å². The Morgan fingerprint density at radius 1 is 1.65 bits per heavy atom. The lowest BCUT2D eigenvalue weighted by Gasteiger charge is -2.16. The molecule has 0 amide bonds. The highest BCUT2D eigenvalue weighted by atomic mass is 35.5. The van der Waals surface area contributed by atoms with Crippen LogP contribution in [0.1, 0.15) is 16.6 Å². The molecule has 2 heterocycles. The van der Waals surface area contributed by atoms with Gasteiger partial charge in [-0.3, -0.25) is 10.5 Å². The topological polar surface area (TPSA) is 65.1 Å². The predicted molar refractivity (Wildman–Crippen MR) is 68.3 cm³/mol. The van der Waals surface area contributed by atoms with E-state index in [0.717, 1.165) is 16.3 Å². The fraction of sp³-hybridized carbons (Fsp3) is 0.300. The maximum absolute atomic E-state index is 6.12. The van der Waals surface area contributed by atoms with E-state index in [2.05, 4.69) is 10.5 Å². The molecule has 2 aromatic rings. The zero-order chi connectivity index (χ0) is 12.4. The van der Waals surface area contributed by atoms with Gasteiger partial charge in [-0.15, -0.1) is 11.3 Å². The van der Waals surface area contributed by atoms with E-state index in [9.17, 15) is 0 Å². The van der Waals surface area contributed by atoms with Gasteiger partial charge in [0.1, 0.15) is 11.8 Å². The van der Waals surface area contributed by atoms with Gasteiger partial charge in [-0.2, -0.15) is 5.10 Å². The molecule has 17 heavy (non-hydrogen) atoms. The lowest BCUT2D eigenvalue weighted by Crippen LogP contribution is -2.30. The van der Waals surface area contributed by atoms with Gasteiger partial charge >= 0.3 is 0 Å². The van der Waals surface area contributed by atoms with Crippen LogP contribution in [0.5, 0.6) is 5.75 Å². The van der Waals surface area contributed by atoms with Gasteiger partial charge < -0.3 is 4.74 Å². The van der Waals surface area contributed by atoms with Crippen molar-refractivity contribution in [3.63, 3.8) is 0 Å². The molecule has 1 unspecified atom stereocenters. The van der Waals surface area contributed by atoms with Crippen LogP contribution in [-0.4, -0.2) is 16.9 Å². The zero-order valence-electron chi connectivity index (χ0n) is 9.48. The third-order valence-electron chi connectivity index (χ3n) is 2.52. The molecule has 0 aromatic carbocycles. The summed E-state index contributed by atoms with van der Waals surface area (Å²) in [6.45, 7) is 0. The first kappa shape index (κ1) is 12.4. The molecule has 0 bridgehead atoms. The van der Waals surface area contributed by atoms with Crippen LogP contribution in [0.25, 0.3) is 0 Å². The Hall–Kier alpha value is -1.08. The van der Waals surface area contributed by atoms with Crippen molar-refractivity contribution in [1.29, 1.82) is 0 Å². The summed E-state index contributed by atoms with van der Waals surface area (Å²) in [4.78, 5) is 0.973. The number of nitrogens with zero attached hydrogens (tertiary/aromatic N) is 2. The number of aromatic nitrogens is 2. The fourth-order valence-corrected chi connectivity index (χ4v) is 2.91. The number of aryl methyl sites for hydroxylation is 1. The summed E-state index contributed by atoms with van der Waals surface area (Å²) in [6.07, 6.45) is 1.60. The van der Waals surface area contributed by atoms with Gasteiger partial charge in [0.25, 0.3) is 0 Å². The Kier molecular flexibility index (Phi) is 3.68. The number of methoxy groups -OCH3 is 1. The summed E-state index contributed by atoms with van der Waals surface area (Å²) in [5.41, 5.74) is 3.56.